The third-order valence-corrected chi connectivity index (χ3v) is 5.84. The van der Waals surface area contributed by atoms with Gasteiger partial charge in [-0.25, -0.2) is 0 Å². The minimum Gasteiger partial charge on any atom is -0.358 e. The fraction of sp³-hybridized carbons (Fsp3) is 0.571. The van der Waals surface area contributed by atoms with Crippen molar-refractivity contribution >= 4 is 16.8 Å². The van der Waals surface area contributed by atoms with Crippen LogP contribution in [0.2, 0.25) is 0 Å². The molecule has 1 aromatic carbocycles. The second-order valence-electron chi connectivity index (χ2n) is 8.35. The summed E-state index contributed by atoms with van der Waals surface area (Å²) in [5, 5.41) is 1.26. The van der Waals surface area contributed by atoms with Crippen molar-refractivity contribution in [1.29, 1.82) is 0 Å². The standard InChI is InChI=1S/C21H28N2O/c1-13-4-6-19-17(9-13)18-10-16(5-7-20(18)22-19)21(24)23-11-14(2)8-15(3)12-23/h5,7,10,13-15,22H,4,6,8-9,11-12H2,1-3H3/t13-,14+,15+/m1/s1. The van der Waals surface area contributed by atoms with Gasteiger partial charge in [-0.3, -0.25) is 4.79 Å². The maximum absolute atomic E-state index is 13.0. The summed E-state index contributed by atoms with van der Waals surface area (Å²) in [6, 6.07) is 6.23. The lowest BCUT2D eigenvalue weighted by atomic mass is 9.87. The Hall–Kier alpha value is -1.77. The van der Waals surface area contributed by atoms with Crippen molar-refractivity contribution in [3.8, 4) is 0 Å². The number of nitrogens with zero attached hydrogens (tertiary/aromatic N) is 1. The van der Waals surface area contributed by atoms with E-state index in [0.717, 1.165) is 37.4 Å². The number of piperidine rings is 1. The Balaban J connectivity index is 1.67. The Bertz CT molecular complexity index is 765. The van der Waals surface area contributed by atoms with E-state index < -0.39 is 0 Å². The zero-order valence-electron chi connectivity index (χ0n) is 15.1. The molecule has 4 rings (SSSR count). The van der Waals surface area contributed by atoms with Crippen molar-refractivity contribution in [2.24, 2.45) is 17.8 Å². The van der Waals surface area contributed by atoms with Gasteiger partial charge in [0.2, 0.25) is 0 Å². The average Bonchev–Trinajstić information content (AvgIpc) is 2.90. The molecule has 1 aliphatic carbocycles. The summed E-state index contributed by atoms with van der Waals surface area (Å²) in [6.07, 6.45) is 4.75. The number of rotatable bonds is 1. The SMILES string of the molecule is C[C@@H]1CCc2[nH]c3ccc(C(=O)N4C[C@@H](C)C[C@H](C)C4)cc3c2C1. The molecule has 1 N–H and O–H groups in total. The molecule has 3 atom stereocenters. The molecular weight excluding hydrogens is 296 g/mol. The summed E-state index contributed by atoms with van der Waals surface area (Å²) in [4.78, 5) is 18.6. The number of amides is 1. The molecule has 1 aliphatic heterocycles. The van der Waals surface area contributed by atoms with Crippen LogP contribution in [0.4, 0.5) is 0 Å². The van der Waals surface area contributed by atoms with Crippen LogP contribution in [-0.2, 0) is 12.8 Å². The van der Waals surface area contributed by atoms with Crippen LogP contribution < -0.4 is 0 Å². The summed E-state index contributed by atoms with van der Waals surface area (Å²) < 4.78 is 0. The lowest BCUT2D eigenvalue weighted by Gasteiger charge is -2.35. The van der Waals surface area contributed by atoms with E-state index in [-0.39, 0.29) is 5.91 Å². The Morgan fingerprint density at radius 3 is 2.62 bits per heavy atom. The molecule has 0 saturated carbocycles. The number of aryl methyl sites for hydroxylation is 1. The number of aromatic amines is 1. The predicted molar refractivity (Wildman–Crippen MR) is 98.3 cm³/mol. The molecule has 0 spiro atoms. The summed E-state index contributed by atoms with van der Waals surface area (Å²) in [5.74, 6) is 2.14. The summed E-state index contributed by atoms with van der Waals surface area (Å²) in [7, 11) is 0. The van der Waals surface area contributed by atoms with Crippen molar-refractivity contribution < 1.29 is 4.79 Å². The maximum Gasteiger partial charge on any atom is 0.253 e. The number of hydrogen-bond acceptors (Lipinski definition) is 1. The minimum atomic E-state index is 0.203. The number of benzene rings is 1. The van der Waals surface area contributed by atoms with Gasteiger partial charge in [-0.1, -0.05) is 20.8 Å². The van der Waals surface area contributed by atoms with Gasteiger partial charge in [0, 0.05) is 35.2 Å². The van der Waals surface area contributed by atoms with Crippen molar-refractivity contribution in [2.75, 3.05) is 13.1 Å². The predicted octanol–water partition coefficient (Wildman–Crippen LogP) is 4.41. The van der Waals surface area contributed by atoms with E-state index in [1.54, 1.807) is 0 Å². The fourth-order valence-corrected chi connectivity index (χ4v) is 4.74. The third kappa shape index (κ3) is 2.74. The van der Waals surface area contributed by atoms with Crippen molar-refractivity contribution in [3.63, 3.8) is 0 Å². The number of likely N-dealkylation sites (tertiary alicyclic amines) is 1. The van der Waals surface area contributed by atoms with Gasteiger partial charge in [-0.2, -0.15) is 0 Å². The molecule has 0 unspecified atom stereocenters. The molecule has 2 aliphatic rings. The lowest BCUT2D eigenvalue weighted by Crippen LogP contribution is -2.42. The number of H-pyrrole nitrogens is 1. The summed E-state index contributed by atoms with van der Waals surface area (Å²) in [5.41, 5.74) is 4.86. The summed E-state index contributed by atoms with van der Waals surface area (Å²) >= 11 is 0. The Kier molecular flexibility index (Phi) is 3.90. The van der Waals surface area contributed by atoms with Gasteiger partial charge in [-0.05, 0) is 67.2 Å². The zero-order chi connectivity index (χ0) is 16.8. The van der Waals surface area contributed by atoms with Crippen LogP contribution in [0.15, 0.2) is 18.2 Å². The molecule has 3 nitrogen and oxygen atoms in total. The largest absolute Gasteiger partial charge is 0.358 e. The van der Waals surface area contributed by atoms with Crippen LogP contribution in [0.5, 0.6) is 0 Å². The maximum atomic E-state index is 13.0. The van der Waals surface area contributed by atoms with Gasteiger partial charge in [0.05, 0.1) is 0 Å². The lowest BCUT2D eigenvalue weighted by molar-refractivity contribution is 0.0623. The normalized spacial score (nSPS) is 27.3. The highest BCUT2D eigenvalue weighted by Gasteiger charge is 2.27. The number of carbonyl (C=O) groups is 1. The van der Waals surface area contributed by atoms with E-state index in [0.29, 0.717) is 11.8 Å². The first-order valence-electron chi connectivity index (χ1n) is 9.44. The smallest absolute Gasteiger partial charge is 0.253 e. The molecule has 128 valence electrons. The molecule has 3 heteroatoms. The van der Waals surface area contributed by atoms with Gasteiger partial charge in [-0.15, -0.1) is 0 Å². The van der Waals surface area contributed by atoms with E-state index >= 15 is 0 Å². The molecule has 1 fully saturated rings. The van der Waals surface area contributed by atoms with E-state index in [9.17, 15) is 4.79 Å². The molecular formula is C21H28N2O. The molecule has 1 saturated heterocycles. The van der Waals surface area contributed by atoms with Gasteiger partial charge >= 0.3 is 0 Å². The summed E-state index contributed by atoms with van der Waals surface area (Å²) in [6.45, 7) is 8.62. The Morgan fingerprint density at radius 1 is 1.12 bits per heavy atom. The van der Waals surface area contributed by atoms with E-state index in [1.807, 2.05) is 6.07 Å². The molecule has 1 amide bonds. The van der Waals surface area contributed by atoms with E-state index in [4.69, 9.17) is 0 Å². The minimum absolute atomic E-state index is 0.203. The number of aromatic nitrogens is 1. The molecule has 2 aromatic rings. The zero-order valence-corrected chi connectivity index (χ0v) is 15.1. The van der Waals surface area contributed by atoms with Crippen molar-refractivity contribution in [2.45, 2.75) is 46.5 Å². The van der Waals surface area contributed by atoms with Crippen LogP contribution in [-0.4, -0.2) is 28.9 Å². The van der Waals surface area contributed by atoms with Crippen molar-refractivity contribution in [3.05, 3.63) is 35.0 Å². The number of fused-ring (bicyclic) bond motifs is 3. The van der Waals surface area contributed by atoms with Gasteiger partial charge in [0.15, 0.2) is 0 Å². The Labute approximate surface area is 144 Å². The van der Waals surface area contributed by atoms with Crippen LogP contribution >= 0.6 is 0 Å². The molecule has 1 aromatic heterocycles. The first kappa shape index (κ1) is 15.7. The number of hydrogen-bond donors (Lipinski definition) is 1. The van der Waals surface area contributed by atoms with Crippen LogP contribution in [0.25, 0.3) is 10.9 Å². The third-order valence-electron chi connectivity index (χ3n) is 5.84. The van der Waals surface area contributed by atoms with E-state index in [1.165, 1.54) is 35.0 Å². The quantitative estimate of drug-likeness (QED) is 0.828. The van der Waals surface area contributed by atoms with E-state index in [2.05, 4.69) is 42.8 Å². The highest BCUT2D eigenvalue weighted by atomic mass is 16.2. The first-order chi connectivity index (χ1) is 11.5. The number of carbonyl (C=O) groups excluding carboxylic acids is 1. The average molecular weight is 324 g/mol. The first-order valence-corrected chi connectivity index (χ1v) is 9.44. The van der Waals surface area contributed by atoms with Gasteiger partial charge in [0.1, 0.15) is 0 Å². The fourth-order valence-electron chi connectivity index (χ4n) is 4.74. The molecule has 2 heterocycles. The van der Waals surface area contributed by atoms with Crippen LogP contribution in [0.1, 0.15) is 55.2 Å². The monoisotopic (exact) mass is 324 g/mol. The molecule has 0 radical (unpaired) electrons. The second kappa shape index (κ2) is 5.94. The van der Waals surface area contributed by atoms with Gasteiger partial charge in [0.25, 0.3) is 5.91 Å². The molecule has 24 heavy (non-hydrogen) atoms. The number of nitrogens with one attached hydrogen (secondary N) is 1. The topological polar surface area (TPSA) is 36.1 Å². The van der Waals surface area contributed by atoms with Crippen LogP contribution in [0, 0.1) is 17.8 Å². The highest BCUT2D eigenvalue weighted by Crippen LogP contribution is 2.32. The highest BCUT2D eigenvalue weighted by molar-refractivity contribution is 5.99. The second-order valence-corrected chi connectivity index (χ2v) is 8.35. The molecule has 0 bridgehead atoms. The van der Waals surface area contributed by atoms with Crippen molar-refractivity contribution in [1.82, 2.24) is 9.88 Å². The van der Waals surface area contributed by atoms with Gasteiger partial charge < -0.3 is 9.88 Å². The van der Waals surface area contributed by atoms with Crippen LogP contribution in [0.3, 0.4) is 0 Å². The Morgan fingerprint density at radius 2 is 1.88 bits per heavy atom.